The summed E-state index contributed by atoms with van der Waals surface area (Å²) in [6, 6.07) is 16.0. The van der Waals surface area contributed by atoms with Gasteiger partial charge in [-0.3, -0.25) is 4.90 Å². The molecule has 1 fully saturated rings. The van der Waals surface area contributed by atoms with Gasteiger partial charge in [-0.25, -0.2) is 0 Å². The molecule has 0 amide bonds. The Kier molecular flexibility index (Phi) is 4.96. The molecule has 0 saturated carbocycles. The van der Waals surface area contributed by atoms with Gasteiger partial charge in [0, 0.05) is 37.9 Å². The maximum atomic E-state index is 5.66. The number of hydrogen-bond donors (Lipinski definition) is 1. The van der Waals surface area contributed by atoms with Crippen molar-refractivity contribution in [2.75, 3.05) is 31.5 Å². The molecule has 1 N–H and O–H groups in total. The molecule has 1 saturated heterocycles. The van der Waals surface area contributed by atoms with Gasteiger partial charge in [-0.15, -0.1) is 0 Å². The second-order valence-corrected chi connectivity index (χ2v) is 7.97. The fraction of sp³-hybridized carbons (Fsp3) is 0.409. The van der Waals surface area contributed by atoms with E-state index in [0.29, 0.717) is 6.04 Å². The molecule has 1 aliphatic carbocycles. The molecule has 4 heteroatoms. The summed E-state index contributed by atoms with van der Waals surface area (Å²) in [6.45, 7) is 8.47. The van der Waals surface area contributed by atoms with Gasteiger partial charge in [0.1, 0.15) is 0 Å². The number of anilines is 1. The largest absolute Gasteiger partial charge is 0.346 e. The number of piperazine rings is 1. The maximum absolute atomic E-state index is 5.66. The highest BCUT2D eigenvalue weighted by Gasteiger charge is 2.29. The topological polar surface area (TPSA) is 18.5 Å². The number of nitrogens with one attached hydrogen (secondary N) is 1. The SMILES string of the molecule is Cc1ccc(NC(=S)N2CCN(C3Cc4ccccc4C3)CC2)cc1C. The number of nitrogens with zero attached hydrogens (tertiary/aromatic N) is 2. The van der Waals surface area contributed by atoms with Crippen LogP contribution in [0, 0.1) is 13.8 Å². The number of rotatable bonds is 2. The van der Waals surface area contributed by atoms with E-state index in [9.17, 15) is 0 Å². The molecule has 2 aromatic rings. The van der Waals surface area contributed by atoms with Crippen molar-refractivity contribution in [2.45, 2.75) is 32.7 Å². The molecule has 0 spiro atoms. The van der Waals surface area contributed by atoms with E-state index in [1.165, 1.54) is 35.1 Å². The van der Waals surface area contributed by atoms with Crippen LogP contribution >= 0.6 is 12.2 Å². The minimum atomic E-state index is 0.663. The quantitative estimate of drug-likeness (QED) is 0.816. The van der Waals surface area contributed by atoms with Gasteiger partial charge >= 0.3 is 0 Å². The lowest BCUT2D eigenvalue weighted by Crippen LogP contribution is -2.53. The maximum Gasteiger partial charge on any atom is 0.173 e. The average Bonchev–Trinajstić information content (AvgIpc) is 3.09. The van der Waals surface area contributed by atoms with Crippen molar-refractivity contribution >= 4 is 23.0 Å². The van der Waals surface area contributed by atoms with Gasteiger partial charge in [-0.2, -0.15) is 0 Å². The van der Waals surface area contributed by atoms with Gasteiger partial charge < -0.3 is 10.2 Å². The fourth-order valence-electron chi connectivity index (χ4n) is 4.11. The van der Waals surface area contributed by atoms with Gasteiger partial charge in [-0.1, -0.05) is 30.3 Å². The van der Waals surface area contributed by atoms with Crippen molar-refractivity contribution in [2.24, 2.45) is 0 Å². The molecule has 2 aromatic carbocycles. The number of fused-ring (bicyclic) bond motifs is 1. The first-order valence-corrected chi connectivity index (χ1v) is 9.95. The summed E-state index contributed by atoms with van der Waals surface area (Å²) in [6.07, 6.45) is 2.39. The van der Waals surface area contributed by atoms with Gasteiger partial charge in [0.15, 0.2) is 5.11 Å². The van der Waals surface area contributed by atoms with Crippen LogP contribution in [0.4, 0.5) is 5.69 Å². The van der Waals surface area contributed by atoms with E-state index in [0.717, 1.165) is 37.0 Å². The van der Waals surface area contributed by atoms with Crippen LogP contribution in [0.1, 0.15) is 22.3 Å². The van der Waals surface area contributed by atoms with E-state index in [4.69, 9.17) is 12.2 Å². The number of benzene rings is 2. The van der Waals surface area contributed by atoms with Crippen molar-refractivity contribution in [1.29, 1.82) is 0 Å². The first kappa shape index (κ1) is 17.5. The van der Waals surface area contributed by atoms with Crippen LogP contribution in [0.15, 0.2) is 42.5 Å². The third-order valence-electron chi connectivity index (χ3n) is 5.91. The third-order valence-corrected chi connectivity index (χ3v) is 6.27. The fourth-order valence-corrected chi connectivity index (χ4v) is 4.41. The van der Waals surface area contributed by atoms with E-state index in [2.05, 4.69) is 71.4 Å². The molecule has 0 atom stereocenters. The Morgan fingerprint density at radius 3 is 2.19 bits per heavy atom. The van der Waals surface area contributed by atoms with Crippen LogP contribution < -0.4 is 5.32 Å². The number of thiocarbonyl (C=S) groups is 1. The second kappa shape index (κ2) is 7.37. The molecular formula is C22H27N3S. The summed E-state index contributed by atoms with van der Waals surface area (Å²) < 4.78 is 0. The number of aryl methyl sites for hydroxylation is 2. The molecule has 2 aliphatic rings. The minimum Gasteiger partial charge on any atom is -0.346 e. The third kappa shape index (κ3) is 3.62. The van der Waals surface area contributed by atoms with Gasteiger partial charge in [0.2, 0.25) is 0 Å². The highest BCUT2D eigenvalue weighted by Crippen LogP contribution is 2.26. The highest BCUT2D eigenvalue weighted by molar-refractivity contribution is 7.80. The molecule has 0 bridgehead atoms. The van der Waals surface area contributed by atoms with E-state index >= 15 is 0 Å². The predicted octanol–water partition coefficient (Wildman–Crippen LogP) is 3.79. The van der Waals surface area contributed by atoms with Crippen molar-refractivity contribution < 1.29 is 0 Å². The lowest BCUT2D eigenvalue weighted by atomic mass is 10.1. The van der Waals surface area contributed by atoms with E-state index in [1.807, 2.05) is 0 Å². The molecule has 1 aliphatic heterocycles. The molecule has 0 radical (unpaired) electrons. The zero-order valence-corrected chi connectivity index (χ0v) is 16.5. The molecule has 1 heterocycles. The molecule has 0 unspecified atom stereocenters. The van der Waals surface area contributed by atoms with Gasteiger partial charge in [-0.05, 0) is 73.3 Å². The van der Waals surface area contributed by atoms with Crippen molar-refractivity contribution in [1.82, 2.24) is 9.80 Å². The van der Waals surface area contributed by atoms with Crippen LogP contribution in [-0.4, -0.2) is 47.1 Å². The van der Waals surface area contributed by atoms with Crippen LogP contribution in [0.25, 0.3) is 0 Å². The van der Waals surface area contributed by atoms with Crippen LogP contribution in [-0.2, 0) is 12.8 Å². The van der Waals surface area contributed by atoms with Crippen LogP contribution in [0.5, 0.6) is 0 Å². The lowest BCUT2D eigenvalue weighted by Gasteiger charge is -2.39. The summed E-state index contributed by atoms with van der Waals surface area (Å²) in [5, 5.41) is 4.27. The Morgan fingerprint density at radius 2 is 1.58 bits per heavy atom. The lowest BCUT2D eigenvalue weighted by molar-refractivity contribution is 0.137. The summed E-state index contributed by atoms with van der Waals surface area (Å²) in [5.74, 6) is 0. The Bertz CT molecular complexity index is 784. The Labute approximate surface area is 162 Å². The van der Waals surface area contributed by atoms with Crippen molar-refractivity contribution in [3.8, 4) is 0 Å². The summed E-state index contributed by atoms with van der Waals surface area (Å²) in [4.78, 5) is 4.96. The van der Waals surface area contributed by atoms with E-state index in [-0.39, 0.29) is 0 Å². The standard InChI is InChI=1S/C22H27N3S/c1-16-7-8-20(13-17(16)2)23-22(26)25-11-9-24(10-12-25)21-14-18-5-3-4-6-19(18)15-21/h3-8,13,21H,9-12,14-15H2,1-2H3,(H,23,26). The molecular weight excluding hydrogens is 338 g/mol. The van der Waals surface area contributed by atoms with Crippen molar-refractivity contribution in [3.05, 3.63) is 64.7 Å². The minimum absolute atomic E-state index is 0.663. The van der Waals surface area contributed by atoms with Crippen LogP contribution in [0.2, 0.25) is 0 Å². The first-order valence-electron chi connectivity index (χ1n) is 9.54. The Morgan fingerprint density at radius 1 is 0.923 bits per heavy atom. The molecule has 0 aromatic heterocycles. The van der Waals surface area contributed by atoms with E-state index in [1.54, 1.807) is 0 Å². The second-order valence-electron chi connectivity index (χ2n) is 7.58. The van der Waals surface area contributed by atoms with Gasteiger partial charge in [0.25, 0.3) is 0 Å². The number of hydrogen-bond acceptors (Lipinski definition) is 2. The highest BCUT2D eigenvalue weighted by atomic mass is 32.1. The van der Waals surface area contributed by atoms with Crippen molar-refractivity contribution in [3.63, 3.8) is 0 Å². The van der Waals surface area contributed by atoms with Gasteiger partial charge in [0.05, 0.1) is 0 Å². The smallest absolute Gasteiger partial charge is 0.173 e. The van der Waals surface area contributed by atoms with E-state index < -0.39 is 0 Å². The molecule has 136 valence electrons. The molecule has 3 nitrogen and oxygen atoms in total. The molecule has 4 rings (SSSR count). The summed E-state index contributed by atoms with van der Waals surface area (Å²) in [7, 11) is 0. The summed E-state index contributed by atoms with van der Waals surface area (Å²) >= 11 is 5.66. The Balaban J connectivity index is 1.31. The zero-order chi connectivity index (χ0) is 18.1. The monoisotopic (exact) mass is 365 g/mol. The zero-order valence-electron chi connectivity index (χ0n) is 15.7. The molecule has 26 heavy (non-hydrogen) atoms. The average molecular weight is 366 g/mol. The summed E-state index contributed by atoms with van der Waals surface area (Å²) in [5.41, 5.74) is 6.77. The predicted molar refractivity (Wildman–Crippen MR) is 113 cm³/mol. The van der Waals surface area contributed by atoms with Crippen LogP contribution in [0.3, 0.4) is 0 Å². The normalized spacial score (nSPS) is 18.0. The Hall–Kier alpha value is -1.91. The first-order chi connectivity index (χ1) is 12.6.